The normalized spacial score (nSPS) is 10.2. The van der Waals surface area contributed by atoms with E-state index in [4.69, 9.17) is 23.2 Å². The predicted molar refractivity (Wildman–Crippen MR) is 75.5 cm³/mol. The summed E-state index contributed by atoms with van der Waals surface area (Å²) in [6.45, 7) is 0. The maximum Gasteiger partial charge on any atom is 0.323 e. The number of halogens is 4. The number of rotatable bonds is 2. The van der Waals surface area contributed by atoms with E-state index in [1.807, 2.05) is 0 Å². The topological polar surface area (TPSA) is 41.1 Å². The number of benzene rings is 2. The summed E-state index contributed by atoms with van der Waals surface area (Å²) in [6.07, 6.45) is 0. The van der Waals surface area contributed by atoms with Crippen molar-refractivity contribution < 1.29 is 13.6 Å². The first-order valence-electron chi connectivity index (χ1n) is 5.44. The second kappa shape index (κ2) is 6.07. The van der Waals surface area contributed by atoms with Gasteiger partial charge in [-0.25, -0.2) is 13.6 Å². The van der Waals surface area contributed by atoms with Gasteiger partial charge in [0.1, 0.15) is 0 Å². The average Bonchev–Trinajstić information content (AvgIpc) is 2.38. The highest BCUT2D eigenvalue weighted by Gasteiger charge is 2.08. The van der Waals surface area contributed by atoms with Crippen LogP contribution in [0.2, 0.25) is 10.0 Å². The van der Waals surface area contributed by atoms with Crippen LogP contribution < -0.4 is 10.6 Å². The summed E-state index contributed by atoms with van der Waals surface area (Å²) in [5.74, 6) is -2.04. The lowest BCUT2D eigenvalue weighted by atomic mass is 10.3. The number of anilines is 2. The van der Waals surface area contributed by atoms with E-state index in [1.54, 1.807) is 6.07 Å². The van der Waals surface area contributed by atoms with Crippen LogP contribution in [-0.2, 0) is 0 Å². The minimum absolute atomic E-state index is 0.111. The highest BCUT2D eigenvalue weighted by atomic mass is 35.5. The molecule has 2 rings (SSSR count). The van der Waals surface area contributed by atoms with Crippen LogP contribution in [0.5, 0.6) is 0 Å². The minimum Gasteiger partial charge on any atom is -0.308 e. The molecule has 0 heterocycles. The summed E-state index contributed by atoms with van der Waals surface area (Å²) < 4.78 is 25.7. The van der Waals surface area contributed by atoms with Gasteiger partial charge in [0.15, 0.2) is 11.6 Å². The molecule has 0 atom stereocenters. The summed E-state index contributed by atoms with van der Waals surface area (Å²) in [4.78, 5) is 11.7. The number of nitrogens with one attached hydrogen (secondary N) is 2. The van der Waals surface area contributed by atoms with Crippen molar-refractivity contribution in [1.29, 1.82) is 0 Å². The van der Waals surface area contributed by atoms with Crippen molar-refractivity contribution in [2.24, 2.45) is 0 Å². The van der Waals surface area contributed by atoms with Crippen LogP contribution in [-0.4, -0.2) is 6.03 Å². The fourth-order valence-corrected chi connectivity index (χ4v) is 1.79. The molecule has 0 aliphatic heterocycles. The molecule has 0 spiro atoms. The molecule has 0 fully saturated rings. The van der Waals surface area contributed by atoms with E-state index in [2.05, 4.69) is 10.6 Å². The van der Waals surface area contributed by atoms with E-state index < -0.39 is 17.7 Å². The first-order chi connectivity index (χ1) is 9.45. The Morgan fingerprint density at radius 2 is 1.70 bits per heavy atom. The number of hydrogen-bond donors (Lipinski definition) is 2. The molecule has 2 amide bonds. The molecule has 0 bridgehead atoms. The fraction of sp³-hybridized carbons (Fsp3) is 0. The molecule has 2 aromatic rings. The fourth-order valence-electron chi connectivity index (χ4n) is 1.45. The number of carbonyl (C=O) groups excluding carboxylic acids is 1. The molecule has 0 unspecified atom stereocenters. The Kier molecular flexibility index (Phi) is 4.42. The molecule has 3 nitrogen and oxygen atoms in total. The molecule has 2 N–H and O–H groups in total. The van der Waals surface area contributed by atoms with Crippen molar-refractivity contribution in [2.45, 2.75) is 0 Å². The number of urea groups is 1. The summed E-state index contributed by atoms with van der Waals surface area (Å²) in [7, 11) is 0. The molecule has 0 aliphatic carbocycles. The van der Waals surface area contributed by atoms with E-state index in [0.717, 1.165) is 12.1 Å². The molecule has 0 aromatic heterocycles. The maximum atomic E-state index is 13.0. The zero-order chi connectivity index (χ0) is 14.7. The van der Waals surface area contributed by atoms with Crippen LogP contribution >= 0.6 is 23.2 Å². The highest BCUT2D eigenvalue weighted by Crippen LogP contribution is 2.25. The van der Waals surface area contributed by atoms with Gasteiger partial charge in [0.2, 0.25) is 0 Å². The minimum atomic E-state index is -1.05. The third-order valence-corrected chi connectivity index (χ3v) is 2.92. The first kappa shape index (κ1) is 14.6. The molecule has 0 radical (unpaired) electrons. The van der Waals surface area contributed by atoms with Gasteiger partial charge in [-0.15, -0.1) is 0 Å². The van der Waals surface area contributed by atoms with Gasteiger partial charge >= 0.3 is 6.03 Å². The van der Waals surface area contributed by atoms with E-state index >= 15 is 0 Å². The highest BCUT2D eigenvalue weighted by molar-refractivity contribution is 6.35. The van der Waals surface area contributed by atoms with Crippen LogP contribution in [0.3, 0.4) is 0 Å². The van der Waals surface area contributed by atoms with E-state index in [-0.39, 0.29) is 5.69 Å². The number of carbonyl (C=O) groups is 1. The van der Waals surface area contributed by atoms with E-state index in [1.165, 1.54) is 18.2 Å². The molecule has 20 heavy (non-hydrogen) atoms. The molecule has 104 valence electrons. The second-order valence-electron chi connectivity index (χ2n) is 3.83. The van der Waals surface area contributed by atoms with Gasteiger partial charge in [-0.2, -0.15) is 0 Å². The molecular weight excluding hydrogens is 309 g/mol. The molecule has 2 aromatic carbocycles. The van der Waals surface area contributed by atoms with Crippen molar-refractivity contribution in [1.82, 2.24) is 0 Å². The third kappa shape index (κ3) is 3.59. The van der Waals surface area contributed by atoms with Gasteiger partial charge in [0.25, 0.3) is 0 Å². The third-order valence-electron chi connectivity index (χ3n) is 2.35. The van der Waals surface area contributed by atoms with Crippen LogP contribution in [0, 0.1) is 11.6 Å². The molecular formula is C13H8Cl2F2N2O. The van der Waals surface area contributed by atoms with Crippen LogP contribution in [0.25, 0.3) is 0 Å². The lowest BCUT2D eigenvalue weighted by Crippen LogP contribution is -2.19. The molecule has 0 aliphatic rings. The lowest BCUT2D eigenvalue weighted by molar-refractivity contribution is 0.262. The van der Waals surface area contributed by atoms with Gasteiger partial charge in [-0.05, 0) is 30.3 Å². The standard InChI is InChI=1S/C13H8Cl2F2N2O/c14-7-1-3-9(15)12(5-7)19-13(20)18-8-2-4-10(16)11(17)6-8/h1-6H,(H2,18,19,20). The first-order valence-corrected chi connectivity index (χ1v) is 6.19. The Morgan fingerprint density at radius 3 is 2.40 bits per heavy atom. The van der Waals surface area contributed by atoms with Crippen LogP contribution in [0.4, 0.5) is 25.0 Å². The van der Waals surface area contributed by atoms with Gasteiger partial charge < -0.3 is 10.6 Å². The zero-order valence-electron chi connectivity index (χ0n) is 9.88. The van der Waals surface area contributed by atoms with Crippen molar-refractivity contribution in [2.75, 3.05) is 10.6 Å². The van der Waals surface area contributed by atoms with Crippen LogP contribution in [0.1, 0.15) is 0 Å². The average molecular weight is 317 g/mol. The maximum absolute atomic E-state index is 13.0. The Bertz CT molecular complexity index is 665. The smallest absolute Gasteiger partial charge is 0.308 e. The van der Waals surface area contributed by atoms with Crippen molar-refractivity contribution >= 4 is 40.6 Å². The molecule has 0 saturated carbocycles. The van der Waals surface area contributed by atoms with Crippen LogP contribution in [0.15, 0.2) is 36.4 Å². The Labute approximate surface area is 123 Å². The second-order valence-corrected chi connectivity index (χ2v) is 4.68. The summed E-state index contributed by atoms with van der Waals surface area (Å²) in [6, 6.07) is 6.93. The van der Waals surface area contributed by atoms with Gasteiger partial charge in [-0.3, -0.25) is 0 Å². The van der Waals surface area contributed by atoms with E-state index in [0.29, 0.717) is 15.7 Å². The monoisotopic (exact) mass is 316 g/mol. The summed E-state index contributed by atoms with van der Waals surface area (Å²) >= 11 is 11.7. The Morgan fingerprint density at radius 1 is 0.950 bits per heavy atom. The number of amides is 2. The molecule has 0 saturated heterocycles. The largest absolute Gasteiger partial charge is 0.323 e. The van der Waals surface area contributed by atoms with E-state index in [9.17, 15) is 13.6 Å². The predicted octanol–water partition coefficient (Wildman–Crippen LogP) is 4.92. The molecule has 7 heteroatoms. The van der Waals surface area contributed by atoms with Gasteiger partial charge in [0.05, 0.1) is 10.7 Å². The SMILES string of the molecule is O=C(Nc1ccc(F)c(F)c1)Nc1cc(Cl)ccc1Cl. The van der Waals surface area contributed by atoms with Gasteiger partial charge in [-0.1, -0.05) is 23.2 Å². The lowest BCUT2D eigenvalue weighted by Gasteiger charge is -2.09. The van der Waals surface area contributed by atoms with Crippen molar-refractivity contribution in [3.8, 4) is 0 Å². The van der Waals surface area contributed by atoms with Crippen molar-refractivity contribution in [3.63, 3.8) is 0 Å². The van der Waals surface area contributed by atoms with Crippen molar-refractivity contribution in [3.05, 3.63) is 58.1 Å². The van der Waals surface area contributed by atoms with Gasteiger partial charge in [0, 0.05) is 16.8 Å². The quantitative estimate of drug-likeness (QED) is 0.811. The summed E-state index contributed by atoms with van der Waals surface area (Å²) in [5, 5.41) is 5.50. The number of hydrogen-bond acceptors (Lipinski definition) is 1. The zero-order valence-corrected chi connectivity index (χ0v) is 11.4. The Hall–Kier alpha value is -1.85. The Balaban J connectivity index is 2.09. The summed E-state index contributed by atoms with van der Waals surface area (Å²) in [5.41, 5.74) is 0.416.